The summed E-state index contributed by atoms with van der Waals surface area (Å²) in [6, 6.07) is 5.85. The third-order valence-corrected chi connectivity index (χ3v) is 5.97. The summed E-state index contributed by atoms with van der Waals surface area (Å²) in [7, 11) is 0. The number of rotatable bonds is 4. The lowest BCUT2D eigenvalue weighted by Crippen LogP contribution is -2.40. The molecule has 0 saturated carbocycles. The summed E-state index contributed by atoms with van der Waals surface area (Å²) in [5.74, 6) is -0.0726. The summed E-state index contributed by atoms with van der Waals surface area (Å²) in [5.41, 5.74) is 6.29. The Labute approximate surface area is 180 Å². The van der Waals surface area contributed by atoms with Gasteiger partial charge in [-0.05, 0) is 56.4 Å². The van der Waals surface area contributed by atoms with E-state index >= 15 is 0 Å². The Morgan fingerprint density at radius 2 is 2.06 bits per heavy atom. The Bertz CT molecular complexity index is 1170. The first-order valence-electron chi connectivity index (χ1n) is 10.8. The number of aryl methyl sites for hydroxylation is 1. The lowest BCUT2D eigenvalue weighted by atomic mass is 9.92. The van der Waals surface area contributed by atoms with Gasteiger partial charge in [0.25, 0.3) is 5.91 Å². The number of amides is 1. The second-order valence-electron chi connectivity index (χ2n) is 8.05. The molecule has 160 valence electrons. The van der Waals surface area contributed by atoms with Crippen LogP contribution in [0.5, 0.6) is 0 Å². The number of aromatic nitrogens is 4. The maximum atomic E-state index is 13.0. The Kier molecular flexibility index (Phi) is 5.38. The lowest BCUT2D eigenvalue weighted by Gasteiger charge is -2.26. The van der Waals surface area contributed by atoms with Crippen LogP contribution < -0.4 is 0 Å². The van der Waals surface area contributed by atoms with E-state index in [9.17, 15) is 4.79 Å². The molecule has 0 unspecified atom stereocenters. The highest BCUT2D eigenvalue weighted by Gasteiger charge is 2.23. The van der Waals surface area contributed by atoms with Crippen LogP contribution in [-0.2, 0) is 4.74 Å². The van der Waals surface area contributed by atoms with E-state index < -0.39 is 0 Å². The van der Waals surface area contributed by atoms with E-state index in [1.165, 1.54) is 18.4 Å². The number of carbonyl (C=O) groups is 1. The van der Waals surface area contributed by atoms with Gasteiger partial charge in [-0.2, -0.15) is 10.2 Å². The molecule has 1 saturated heterocycles. The molecule has 1 aliphatic heterocycles. The van der Waals surface area contributed by atoms with Crippen LogP contribution in [0.1, 0.15) is 47.4 Å². The highest BCUT2D eigenvalue weighted by atomic mass is 16.5. The van der Waals surface area contributed by atoms with E-state index in [0.717, 1.165) is 46.4 Å². The molecule has 2 aliphatic rings. The van der Waals surface area contributed by atoms with Crippen LogP contribution in [0, 0.1) is 6.92 Å². The molecule has 1 aliphatic carbocycles. The van der Waals surface area contributed by atoms with E-state index in [2.05, 4.69) is 26.5 Å². The summed E-state index contributed by atoms with van der Waals surface area (Å²) < 4.78 is 5.37. The number of hydrogen-bond donors (Lipinski definition) is 2. The number of fused-ring (bicyclic) bond motifs is 1. The Balaban J connectivity index is 1.55. The van der Waals surface area contributed by atoms with Crippen molar-refractivity contribution in [3.63, 3.8) is 0 Å². The first-order valence-corrected chi connectivity index (χ1v) is 10.8. The van der Waals surface area contributed by atoms with Gasteiger partial charge < -0.3 is 9.64 Å². The van der Waals surface area contributed by atoms with E-state index in [0.29, 0.717) is 32.0 Å². The summed E-state index contributed by atoms with van der Waals surface area (Å²) in [6.45, 7) is 4.31. The van der Waals surface area contributed by atoms with Crippen LogP contribution >= 0.6 is 0 Å². The van der Waals surface area contributed by atoms with Crippen LogP contribution in [0.2, 0.25) is 0 Å². The van der Waals surface area contributed by atoms with Gasteiger partial charge in [-0.15, -0.1) is 0 Å². The summed E-state index contributed by atoms with van der Waals surface area (Å²) in [4.78, 5) is 19.8. The molecule has 0 spiro atoms. The maximum absolute atomic E-state index is 13.0. The number of nitrogens with zero attached hydrogens (tertiary/aromatic N) is 4. The number of nitrogens with one attached hydrogen (secondary N) is 2. The smallest absolute Gasteiger partial charge is 0.275 e. The number of benzene rings is 1. The third kappa shape index (κ3) is 3.90. The standard InChI is InChI=1S/C23H26N6O2/c1-15-19(14-24-26-15)21(16-5-3-2-4-6-16)25-17-7-8-20-18(13-17)22(28-27-20)23(30)29-9-11-31-12-10-29/h5,7-8,13-14H,2-4,6,9-12H2,1H3,(H,24,26)(H,27,28). The van der Waals surface area contributed by atoms with Gasteiger partial charge in [-0.1, -0.05) is 6.08 Å². The SMILES string of the molecule is Cc1[nH]ncc1C(=Nc1ccc2[nH]nc(C(=O)N3CCOCC3)c2c1)C1=CCCCC1. The molecule has 0 atom stereocenters. The van der Waals surface area contributed by atoms with E-state index in [1.54, 1.807) is 4.90 Å². The fourth-order valence-electron chi connectivity index (χ4n) is 4.23. The summed E-state index contributed by atoms with van der Waals surface area (Å²) >= 11 is 0. The molecule has 31 heavy (non-hydrogen) atoms. The van der Waals surface area contributed by atoms with Crippen molar-refractivity contribution in [1.82, 2.24) is 25.3 Å². The molecule has 2 N–H and O–H groups in total. The van der Waals surface area contributed by atoms with E-state index in [-0.39, 0.29) is 5.91 Å². The molecule has 8 nitrogen and oxygen atoms in total. The topological polar surface area (TPSA) is 99.3 Å². The van der Waals surface area contributed by atoms with Gasteiger partial charge >= 0.3 is 0 Å². The van der Waals surface area contributed by atoms with Crippen molar-refractivity contribution in [3.05, 3.63) is 53.0 Å². The fraction of sp³-hybridized carbons (Fsp3) is 0.391. The van der Waals surface area contributed by atoms with Crippen LogP contribution in [0.3, 0.4) is 0 Å². The van der Waals surface area contributed by atoms with Crippen LogP contribution in [0.25, 0.3) is 10.9 Å². The van der Waals surface area contributed by atoms with Gasteiger partial charge in [-0.3, -0.25) is 15.0 Å². The Morgan fingerprint density at radius 1 is 1.19 bits per heavy atom. The van der Waals surface area contributed by atoms with Gasteiger partial charge in [0.15, 0.2) is 5.69 Å². The quantitative estimate of drug-likeness (QED) is 0.631. The van der Waals surface area contributed by atoms with Crippen molar-refractivity contribution in [2.45, 2.75) is 32.6 Å². The van der Waals surface area contributed by atoms with Gasteiger partial charge in [0, 0.05) is 29.7 Å². The molecule has 0 radical (unpaired) electrons. The third-order valence-electron chi connectivity index (χ3n) is 5.97. The Hall–Kier alpha value is -3.26. The first-order chi connectivity index (χ1) is 15.2. The minimum Gasteiger partial charge on any atom is -0.378 e. The minimum absolute atomic E-state index is 0.0726. The highest BCUT2D eigenvalue weighted by molar-refractivity contribution is 6.14. The molecule has 8 heteroatoms. The molecular weight excluding hydrogens is 392 g/mol. The molecular formula is C23H26N6O2. The summed E-state index contributed by atoms with van der Waals surface area (Å²) in [6.07, 6.45) is 8.60. The molecule has 1 aromatic carbocycles. The molecule has 3 heterocycles. The average Bonchev–Trinajstić information content (AvgIpc) is 3.44. The number of aromatic amines is 2. The second kappa shape index (κ2) is 8.47. The van der Waals surface area contributed by atoms with Gasteiger partial charge in [-0.25, -0.2) is 4.99 Å². The maximum Gasteiger partial charge on any atom is 0.275 e. The van der Waals surface area contributed by atoms with Crippen molar-refractivity contribution in [3.8, 4) is 0 Å². The monoisotopic (exact) mass is 418 g/mol. The van der Waals surface area contributed by atoms with Crippen LogP contribution in [-0.4, -0.2) is 63.2 Å². The number of ether oxygens (including phenoxy) is 1. The normalized spacial score (nSPS) is 17.8. The van der Waals surface area contributed by atoms with Gasteiger partial charge in [0.1, 0.15) is 0 Å². The molecule has 2 aromatic heterocycles. The molecule has 0 bridgehead atoms. The Morgan fingerprint density at radius 3 is 2.81 bits per heavy atom. The first kappa shape index (κ1) is 19.7. The van der Waals surface area contributed by atoms with Gasteiger partial charge in [0.2, 0.25) is 0 Å². The number of morpholine rings is 1. The minimum atomic E-state index is -0.0726. The zero-order chi connectivity index (χ0) is 21.2. The zero-order valence-electron chi connectivity index (χ0n) is 17.6. The predicted octanol–water partition coefficient (Wildman–Crippen LogP) is 3.69. The molecule has 1 fully saturated rings. The van der Waals surface area contributed by atoms with Crippen molar-refractivity contribution in [2.75, 3.05) is 26.3 Å². The van der Waals surface area contributed by atoms with Crippen molar-refractivity contribution < 1.29 is 9.53 Å². The van der Waals surface area contributed by atoms with Crippen LogP contribution in [0.15, 0.2) is 41.0 Å². The predicted molar refractivity (Wildman–Crippen MR) is 119 cm³/mol. The molecule has 5 rings (SSSR count). The number of allylic oxidation sites excluding steroid dienone is 2. The second-order valence-corrected chi connectivity index (χ2v) is 8.05. The van der Waals surface area contributed by atoms with Crippen molar-refractivity contribution >= 4 is 28.2 Å². The van der Waals surface area contributed by atoms with E-state index in [4.69, 9.17) is 9.73 Å². The van der Waals surface area contributed by atoms with Crippen molar-refractivity contribution in [2.24, 2.45) is 4.99 Å². The van der Waals surface area contributed by atoms with Crippen molar-refractivity contribution in [1.29, 1.82) is 0 Å². The number of H-pyrrole nitrogens is 2. The number of hydrogen-bond acceptors (Lipinski definition) is 5. The number of carbonyl (C=O) groups excluding carboxylic acids is 1. The highest BCUT2D eigenvalue weighted by Crippen LogP contribution is 2.28. The average molecular weight is 419 g/mol. The zero-order valence-corrected chi connectivity index (χ0v) is 17.6. The van der Waals surface area contributed by atoms with E-state index in [1.807, 2.05) is 31.3 Å². The lowest BCUT2D eigenvalue weighted by molar-refractivity contribution is 0.0300. The molecule has 3 aromatic rings. The van der Waals surface area contributed by atoms with Gasteiger partial charge in [0.05, 0.1) is 36.3 Å². The van der Waals surface area contributed by atoms with Crippen LogP contribution in [0.4, 0.5) is 5.69 Å². The summed E-state index contributed by atoms with van der Waals surface area (Å²) in [5, 5.41) is 15.3. The largest absolute Gasteiger partial charge is 0.378 e. The molecule has 1 amide bonds. The fourth-order valence-corrected chi connectivity index (χ4v) is 4.23. The number of aliphatic imine (C=N–C) groups is 1.